The van der Waals surface area contributed by atoms with Gasteiger partial charge in [0, 0.05) is 12.6 Å². The Morgan fingerprint density at radius 3 is 2.64 bits per heavy atom. The number of amides is 1. The van der Waals surface area contributed by atoms with E-state index in [1.807, 2.05) is 37.3 Å². The molecule has 0 fully saturated rings. The first-order valence-corrected chi connectivity index (χ1v) is 8.08. The zero-order valence-electron chi connectivity index (χ0n) is 14.2. The normalized spacial score (nSPS) is 10.6. The van der Waals surface area contributed by atoms with E-state index < -0.39 is 0 Å². The van der Waals surface area contributed by atoms with E-state index in [2.05, 4.69) is 10.3 Å². The van der Waals surface area contributed by atoms with Crippen LogP contribution in [0.25, 0.3) is 22.3 Å². The first kappa shape index (κ1) is 16.7. The molecule has 3 aromatic rings. The van der Waals surface area contributed by atoms with E-state index >= 15 is 0 Å². The molecule has 2 aromatic carbocycles. The minimum atomic E-state index is -0.325. The van der Waals surface area contributed by atoms with Crippen molar-refractivity contribution in [3.63, 3.8) is 0 Å². The standard InChI is InChI=1S/C19H19N3O3/c1-3-25-16-11-7-4-8-13(16)18-19(24)22(12-17(23)20-2)15-10-6-5-9-14(15)21-18/h4-11H,3,12H2,1-2H3,(H,20,23). The van der Waals surface area contributed by atoms with Crippen molar-refractivity contribution >= 4 is 16.9 Å². The highest BCUT2D eigenvalue weighted by molar-refractivity contribution is 5.82. The number of carbonyl (C=O) groups is 1. The number of nitrogens with zero attached hydrogens (tertiary/aromatic N) is 2. The SMILES string of the molecule is CCOc1ccccc1-c1nc2ccccc2n(CC(=O)NC)c1=O. The van der Waals surface area contributed by atoms with E-state index in [4.69, 9.17) is 4.74 Å². The number of fused-ring (bicyclic) bond motifs is 1. The van der Waals surface area contributed by atoms with Crippen molar-refractivity contribution in [1.29, 1.82) is 0 Å². The number of benzene rings is 2. The van der Waals surface area contributed by atoms with Crippen LogP contribution in [0.3, 0.4) is 0 Å². The average Bonchev–Trinajstić information content (AvgIpc) is 2.64. The lowest BCUT2D eigenvalue weighted by Gasteiger charge is -2.13. The number of para-hydroxylation sites is 3. The van der Waals surface area contributed by atoms with Gasteiger partial charge in [0.1, 0.15) is 18.0 Å². The molecule has 0 saturated heterocycles. The summed E-state index contributed by atoms with van der Waals surface area (Å²) in [6, 6.07) is 14.6. The zero-order valence-corrected chi connectivity index (χ0v) is 14.2. The maximum atomic E-state index is 13.1. The van der Waals surface area contributed by atoms with Crippen molar-refractivity contribution in [2.24, 2.45) is 0 Å². The lowest BCUT2D eigenvalue weighted by Crippen LogP contribution is -2.31. The fraction of sp³-hybridized carbons (Fsp3) is 0.211. The number of ether oxygens (including phenoxy) is 1. The fourth-order valence-corrected chi connectivity index (χ4v) is 2.69. The quantitative estimate of drug-likeness (QED) is 0.775. The van der Waals surface area contributed by atoms with E-state index in [1.165, 1.54) is 4.57 Å². The fourth-order valence-electron chi connectivity index (χ4n) is 2.69. The molecule has 0 unspecified atom stereocenters. The molecule has 0 saturated carbocycles. The molecule has 1 amide bonds. The second kappa shape index (κ2) is 7.17. The van der Waals surface area contributed by atoms with Gasteiger partial charge < -0.3 is 10.1 Å². The van der Waals surface area contributed by atoms with Crippen molar-refractivity contribution in [2.75, 3.05) is 13.7 Å². The zero-order chi connectivity index (χ0) is 17.8. The van der Waals surface area contributed by atoms with Crippen LogP contribution in [0, 0.1) is 0 Å². The first-order chi connectivity index (χ1) is 12.2. The van der Waals surface area contributed by atoms with E-state index in [9.17, 15) is 9.59 Å². The molecule has 6 nitrogen and oxygen atoms in total. The average molecular weight is 337 g/mol. The summed E-state index contributed by atoms with van der Waals surface area (Å²) < 4.78 is 7.08. The van der Waals surface area contributed by atoms with Gasteiger partial charge in [0.25, 0.3) is 5.56 Å². The van der Waals surface area contributed by atoms with Gasteiger partial charge in [0.15, 0.2) is 0 Å². The second-order valence-electron chi connectivity index (χ2n) is 5.44. The van der Waals surface area contributed by atoms with Crippen LogP contribution in [-0.4, -0.2) is 29.1 Å². The van der Waals surface area contributed by atoms with Crippen molar-refractivity contribution in [3.8, 4) is 17.0 Å². The van der Waals surface area contributed by atoms with Gasteiger partial charge in [-0.05, 0) is 31.2 Å². The molecule has 0 atom stereocenters. The van der Waals surface area contributed by atoms with Gasteiger partial charge in [0.05, 0.1) is 17.6 Å². The Kier molecular flexibility index (Phi) is 4.79. The highest BCUT2D eigenvalue weighted by Gasteiger charge is 2.17. The number of hydrogen-bond donors (Lipinski definition) is 1. The molecule has 3 rings (SSSR count). The van der Waals surface area contributed by atoms with Crippen LogP contribution in [0.5, 0.6) is 5.75 Å². The molecule has 0 aliphatic heterocycles. The van der Waals surface area contributed by atoms with Crippen LogP contribution in [0.2, 0.25) is 0 Å². The number of likely N-dealkylation sites (N-methyl/N-ethyl adjacent to an activating group) is 1. The summed E-state index contributed by atoms with van der Waals surface area (Å²) in [6.07, 6.45) is 0. The lowest BCUT2D eigenvalue weighted by molar-refractivity contribution is -0.121. The molecular weight excluding hydrogens is 318 g/mol. The maximum absolute atomic E-state index is 13.1. The summed E-state index contributed by atoms with van der Waals surface area (Å²) in [6.45, 7) is 2.30. The van der Waals surface area contributed by atoms with Crippen LogP contribution in [0.15, 0.2) is 53.3 Å². The van der Waals surface area contributed by atoms with Crippen molar-refractivity contribution < 1.29 is 9.53 Å². The van der Waals surface area contributed by atoms with E-state index in [0.717, 1.165) is 0 Å². The van der Waals surface area contributed by atoms with Gasteiger partial charge in [-0.15, -0.1) is 0 Å². The molecule has 1 aromatic heterocycles. The number of rotatable bonds is 5. The number of aromatic nitrogens is 2. The summed E-state index contributed by atoms with van der Waals surface area (Å²) >= 11 is 0. The number of carbonyl (C=O) groups excluding carboxylic acids is 1. The minimum absolute atomic E-state index is 0.0673. The van der Waals surface area contributed by atoms with Crippen LogP contribution < -0.4 is 15.6 Å². The minimum Gasteiger partial charge on any atom is -0.493 e. The Labute approximate surface area is 145 Å². The van der Waals surface area contributed by atoms with E-state index in [-0.39, 0.29) is 23.7 Å². The molecule has 0 aliphatic carbocycles. The predicted molar refractivity (Wildman–Crippen MR) is 96.7 cm³/mol. The first-order valence-electron chi connectivity index (χ1n) is 8.08. The summed E-state index contributed by atoms with van der Waals surface area (Å²) in [5, 5.41) is 2.55. The Morgan fingerprint density at radius 2 is 1.88 bits per heavy atom. The van der Waals surface area contributed by atoms with Crippen LogP contribution in [-0.2, 0) is 11.3 Å². The smallest absolute Gasteiger partial charge is 0.278 e. The van der Waals surface area contributed by atoms with Gasteiger partial charge >= 0.3 is 0 Å². The monoisotopic (exact) mass is 337 g/mol. The lowest BCUT2D eigenvalue weighted by atomic mass is 10.1. The van der Waals surface area contributed by atoms with Gasteiger partial charge in [0.2, 0.25) is 5.91 Å². The highest BCUT2D eigenvalue weighted by atomic mass is 16.5. The summed E-state index contributed by atoms with van der Waals surface area (Å²) in [5.41, 5.74) is 1.83. The van der Waals surface area contributed by atoms with Gasteiger partial charge in [-0.1, -0.05) is 24.3 Å². The van der Waals surface area contributed by atoms with Crippen molar-refractivity contribution in [3.05, 3.63) is 58.9 Å². The molecule has 0 aliphatic rings. The Bertz CT molecular complexity index is 979. The Balaban J connectivity index is 2.28. The van der Waals surface area contributed by atoms with Crippen LogP contribution >= 0.6 is 0 Å². The maximum Gasteiger partial charge on any atom is 0.278 e. The number of hydrogen-bond acceptors (Lipinski definition) is 4. The van der Waals surface area contributed by atoms with Gasteiger partial charge in [-0.25, -0.2) is 4.98 Å². The molecule has 0 spiro atoms. The second-order valence-corrected chi connectivity index (χ2v) is 5.44. The van der Waals surface area contributed by atoms with Gasteiger partial charge in [-0.2, -0.15) is 0 Å². The molecule has 128 valence electrons. The van der Waals surface area contributed by atoms with Crippen LogP contribution in [0.4, 0.5) is 0 Å². The van der Waals surface area contributed by atoms with Gasteiger partial charge in [-0.3, -0.25) is 14.2 Å². The highest BCUT2D eigenvalue weighted by Crippen LogP contribution is 2.27. The molecule has 6 heteroatoms. The summed E-state index contributed by atoms with van der Waals surface area (Å²) in [5.74, 6) is 0.346. The topological polar surface area (TPSA) is 73.2 Å². The number of nitrogens with one attached hydrogen (secondary N) is 1. The third kappa shape index (κ3) is 3.24. The molecule has 0 radical (unpaired) electrons. The van der Waals surface area contributed by atoms with Crippen LogP contribution in [0.1, 0.15) is 6.92 Å². The summed E-state index contributed by atoms with van der Waals surface area (Å²) in [4.78, 5) is 29.5. The van der Waals surface area contributed by atoms with E-state index in [1.54, 1.807) is 25.2 Å². The van der Waals surface area contributed by atoms with Crippen molar-refractivity contribution in [1.82, 2.24) is 14.9 Å². The summed E-state index contributed by atoms with van der Waals surface area (Å²) in [7, 11) is 1.54. The molecular formula is C19H19N3O3. The van der Waals surface area contributed by atoms with E-state index in [0.29, 0.717) is 29.0 Å². The van der Waals surface area contributed by atoms with Crippen molar-refractivity contribution in [2.45, 2.75) is 13.5 Å². The Morgan fingerprint density at radius 1 is 1.16 bits per heavy atom. The Hall–Kier alpha value is -3.15. The molecule has 1 heterocycles. The molecule has 25 heavy (non-hydrogen) atoms. The largest absolute Gasteiger partial charge is 0.493 e. The molecule has 0 bridgehead atoms. The molecule has 1 N–H and O–H groups in total. The third-order valence-electron chi connectivity index (χ3n) is 3.88. The predicted octanol–water partition coefficient (Wildman–Crippen LogP) is 2.21. The third-order valence-corrected chi connectivity index (χ3v) is 3.88.